The Morgan fingerprint density at radius 3 is 3.04 bits per heavy atom. The zero-order chi connectivity index (χ0) is 17.9. The van der Waals surface area contributed by atoms with Gasteiger partial charge in [-0.1, -0.05) is 11.6 Å². The summed E-state index contributed by atoms with van der Waals surface area (Å²) < 4.78 is 11.9. The van der Waals surface area contributed by atoms with Crippen LogP contribution >= 0.6 is 0 Å². The highest BCUT2D eigenvalue weighted by molar-refractivity contribution is 6.01. The number of benzene rings is 1. The van der Waals surface area contributed by atoms with E-state index < -0.39 is 5.60 Å². The minimum atomic E-state index is -0.466. The maximum atomic E-state index is 13.1. The van der Waals surface area contributed by atoms with E-state index in [9.17, 15) is 9.59 Å². The van der Waals surface area contributed by atoms with Crippen LogP contribution in [-0.4, -0.2) is 48.5 Å². The molecular weight excluding hydrogens is 330 g/mol. The Morgan fingerprint density at radius 2 is 2.15 bits per heavy atom. The van der Waals surface area contributed by atoms with E-state index in [1.54, 1.807) is 0 Å². The molecule has 5 heteroatoms. The van der Waals surface area contributed by atoms with Gasteiger partial charge < -0.3 is 14.4 Å². The first-order valence-electron chi connectivity index (χ1n) is 9.78. The number of carbonyl (C=O) groups excluding carboxylic acids is 2. The molecule has 0 aromatic heterocycles. The molecule has 4 atom stereocenters. The summed E-state index contributed by atoms with van der Waals surface area (Å²) in [6.45, 7) is 4.82. The van der Waals surface area contributed by atoms with Crippen molar-refractivity contribution in [2.24, 2.45) is 17.8 Å². The molecule has 1 amide bonds. The lowest BCUT2D eigenvalue weighted by Gasteiger charge is -2.37. The molecule has 0 radical (unpaired) electrons. The topological polar surface area (TPSA) is 55.8 Å². The summed E-state index contributed by atoms with van der Waals surface area (Å²) in [4.78, 5) is 27.8. The van der Waals surface area contributed by atoms with Gasteiger partial charge in [0.2, 0.25) is 5.91 Å². The minimum Gasteiger partial charge on any atom is -0.486 e. The van der Waals surface area contributed by atoms with Gasteiger partial charge in [0.1, 0.15) is 11.4 Å². The highest BCUT2D eigenvalue weighted by Gasteiger charge is 2.71. The van der Waals surface area contributed by atoms with Crippen molar-refractivity contribution in [1.29, 1.82) is 0 Å². The Balaban J connectivity index is 1.38. The van der Waals surface area contributed by atoms with Gasteiger partial charge in [-0.15, -0.1) is 0 Å². The minimum absolute atomic E-state index is 0.0293. The van der Waals surface area contributed by atoms with E-state index in [0.29, 0.717) is 36.8 Å². The van der Waals surface area contributed by atoms with E-state index in [4.69, 9.17) is 9.47 Å². The monoisotopic (exact) mass is 355 g/mol. The molecule has 1 aromatic carbocycles. The summed E-state index contributed by atoms with van der Waals surface area (Å²) in [6, 6.07) is 5.83. The molecule has 1 aromatic rings. The molecule has 26 heavy (non-hydrogen) atoms. The third-order valence-electron chi connectivity index (χ3n) is 6.70. The molecule has 138 valence electrons. The molecule has 0 N–H and O–H groups in total. The van der Waals surface area contributed by atoms with Gasteiger partial charge in [0.05, 0.1) is 18.6 Å². The molecule has 2 aliphatic carbocycles. The van der Waals surface area contributed by atoms with Crippen LogP contribution in [0.4, 0.5) is 0 Å². The largest absolute Gasteiger partial charge is 0.486 e. The lowest BCUT2D eigenvalue weighted by Crippen LogP contribution is -2.45. The van der Waals surface area contributed by atoms with Crippen LogP contribution in [-0.2, 0) is 9.53 Å². The summed E-state index contributed by atoms with van der Waals surface area (Å²) >= 11 is 0. The van der Waals surface area contributed by atoms with Crippen molar-refractivity contribution >= 4 is 11.7 Å². The van der Waals surface area contributed by atoms with E-state index >= 15 is 0 Å². The van der Waals surface area contributed by atoms with Gasteiger partial charge in [-0.25, -0.2) is 0 Å². The Labute approximate surface area is 153 Å². The third kappa shape index (κ3) is 2.40. The molecule has 0 bridgehead atoms. The van der Waals surface area contributed by atoms with Crippen LogP contribution in [0.15, 0.2) is 18.2 Å². The second kappa shape index (κ2) is 5.81. The maximum Gasteiger partial charge on any atom is 0.226 e. The van der Waals surface area contributed by atoms with Gasteiger partial charge in [-0.05, 0) is 44.2 Å². The number of ether oxygens (including phenoxy) is 2. The summed E-state index contributed by atoms with van der Waals surface area (Å²) in [5.41, 5.74) is 1.31. The van der Waals surface area contributed by atoms with E-state index in [0.717, 1.165) is 38.0 Å². The number of hydrogen-bond acceptors (Lipinski definition) is 4. The number of nitrogens with zero attached hydrogens (tertiary/aromatic N) is 1. The van der Waals surface area contributed by atoms with Crippen molar-refractivity contribution in [3.63, 3.8) is 0 Å². The van der Waals surface area contributed by atoms with Gasteiger partial charge >= 0.3 is 0 Å². The number of rotatable bonds is 1. The molecule has 2 aliphatic heterocycles. The van der Waals surface area contributed by atoms with Gasteiger partial charge in [-0.3, -0.25) is 9.59 Å². The maximum absolute atomic E-state index is 13.1. The van der Waals surface area contributed by atoms with E-state index in [1.165, 1.54) is 0 Å². The fraction of sp³-hybridized carbons (Fsp3) is 0.619. The molecule has 1 saturated heterocycles. The standard InChI is InChI=1S/C21H25NO4/c1-13-3-4-17-15(11-13)16(23)12-21(26-17)6-5-14-18(19(14)21)20(24)22-7-2-9-25-10-8-22/h3-4,11,14,18-19H,2,5-10,12H2,1H3/t14-,18+,19-,21+/m1/s1. The number of ketones is 1. The van der Waals surface area contributed by atoms with Crippen LogP contribution in [0.5, 0.6) is 5.75 Å². The van der Waals surface area contributed by atoms with Gasteiger partial charge in [0.25, 0.3) is 0 Å². The Bertz CT molecular complexity index is 767. The molecule has 3 fully saturated rings. The third-order valence-corrected chi connectivity index (χ3v) is 6.70. The molecule has 5 nitrogen and oxygen atoms in total. The van der Waals surface area contributed by atoms with Crippen LogP contribution in [0.1, 0.15) is 41.6 Å². The molecule has 0 unspecified atom stereocenters. The van der Waals surface area contributed by atoms with E-state index in [1.807, 2.05) is 30.0 Å². The Kier molecular flexibility index (Phi) is 3.64. The summed E-state index contributed by atoms with van der Waals surface area (Å²) in [5.74, 6) is 1.71. The predicted octanol–water partition coefficient (Wildman–Crippen LogP) is 2.60. The van der Waals surface area contributed by atoms with Gasteiger partial charge in [0, 0.05) is 31.5 Å². The van der Waals surface area contributed by atoms with Crippen LogP contribution in [0.2, 0.25) is 0 Å². The van der Waals surface area contributed by atoms with Gasteiger partial charge in [-0.2, -0.15) is 0 Å². The zero-order valence-corrected chi connectivity index (χ0v) is 15.2. The number of fused-ring (bicyclic) bond motifs is 3. The fourth-order valence-corrected chi connectivity index (χ4v) is 5.44. The zero-order valence-electron chi connectivity index (χ0n) is 15.2. The first-order chi connectivity index (χ1) is 12.6. The van der Waals surface area contributed by atoms with Gasteiger partial charge in [0.15, 0.2) is 5.78 Å². The molecule has 1 spiro atoms. The van der Waals surface area contributed by atoms with Crippen molar-refractivity contribution < 1.29 is 19.1 Å². The first kappa shape index (κ1) is 16.3. The molecule has 2 saturated carbocycles. The van der Waals surface area contributed by atoms with Crippen molar-refractivity contribution in [3.8, 4) is 5.75 Å². The number of amides is 1. The van der Waals surface area contributed by atoms with Crippen LogP contribution in [0.25, 0.3) is 0 Å². The highest BCUT2D eigenvalue weighted by atomic mass is 16.5. The SMILES string of the molecule is Cc1ccc2c(c1)C(=O)C[C@]1(CC[C@@H]3[C@H](C(=O)N4CCCOCC4)[C@@H]31)O2. The Morgan fingerprint density at radius 1 is 1.27 bits per heavy atom. The lowest BCUT2D eigenvalue weighted by molar-refractivity contribution is -0.134. The summed E-state index contributed by atoms with van der Waals surface area (Å²) in [7, 11) is 0. The smallest absolute Gasteiger partial charge is 0.226 e. The number of hydrogen-bond donors (Lipinski definition) is 0. The number of Topliss-reactive ketones (excluding diaryl/α,β-unsaturated/α-hetero) is 1. The van der Waals surface area contributed by atoms with E-state index in [-0.39, 0.29) is 23.5 Å². The van der Waals surface area contributed by atoms with Crippen molar-refractivity contribution in [3.05, 3.63) is 29.3 Å². The van der Waals surface area contributed by atoms with Crippen molar-refractivity contribution in [1.82, 2.24) is 4.90 Å². The molecule has 4 aliphatic rings. The highest BCUT2D eigenvalue weighted by Crippen LogP contribution is 2.66. The second-order valence-corrected chi connectivity index (χ2v) is 8.31. The molecular formula is C21H25NO4. The van der Waals surface area contributed by atoms with Crippen molar-refractivity contribution in [2.45, 2.75) is 38.2 Å². The van der Waals surface area contributed by atoms with Crippen LogP contribution < -0.4 is 4.74 Å². The number of aryl methyl sites for hydroxylation is 1. The first-order valence-corrected chi connectivity index (χ1v) is 9.78. The quantitative estimate of drug-likeness (QED) is 0.777. The average Bonchev–Trinajstić information content (AvgIpc) is 3.34. The number of carbonyl (C=O) groups is 2. The Hall–Kier alpha value is -1.88. The molecule has 5 rings (SSSR count). The lowest BCUT2D eigenvalue weighted by atomic mass is 9.84. The van der Waals surface area contributed by atoms with Crippen LogP contribution in [0, 0.1) is 24.7 Å². The second-order valence-electron chi connectivity index (χ2n) is 8.31. The molecule has 2 heterocycles. The van der Waals surface area contributed by atoms with Crippen LogP contribution in [0.3, 0.4) is 0 Å². The normalized spacial score (nSPS) is 35.5. The summed E-state index contributed by atoms with van der Waals surface area (Å²) in [5, 5.41) is 0. The average molecular weight is 355 g/mol. The fourth-order valence-electron chi connectivity index (χ4n) is 5.44. The predicted molar refractivity (Wildman–Crippen MR) is 95.2 cm³/mol. The summed E-state index contributed by atoms with van der Waals surface area (Å²) in [6.07, 6.45) is 3.19. The van der Waals surface area contributed by atoms with Crippen molar-refractivity contribution in [2.75, 3.05) is 26.3 Å². The van der Waals surface area contributed by atoms with E-state index in [2.05, 4.69) is 0 Å².